The number of aromatic nitrogens is 2. The lowest BCUT2D eigenvalue weighted by molar-refractivity contribution is -0.133. The third-order valence-corrected chi connectivity index (χ3v) is 9.80. The van der Waals surface area contributed by atoms with Gasteiger partial charge in [0.25, 0.3) is 0 Å². The monoisotopic (exact) mass is 653 g/mol. The van der Waals surface area contributed by atoms with E-state index in [0.717, 1.165) is 24.7 Å². The maximum Gasteiger partial charge on any atom is 0.240 e. The van der Waals surface area contributed by atoms with Crippen molar-refractivity contribution in [3.05, 3.63) is 42.0 Å². The number of carbonyl (C=O) groups is 2. The van der Waals surface area contributed by atoms with Crippen molar-refractivity contribution in [3.8, 4) is 17.0 Å². The SMILES string of the molecule is CC(=O)N1CCC(N2CC3(C2)C(=O)N(C)c2cnc4cc(F)c(-c5cnc(OCCNC(C)C)c(NS(C)(=O)=O)c5)cc4c23)CC1. The number of nitrogens with one attached hydrogen (secondary N) is 2. The molecule has 46 heavy (non-hydrogen) atoms. The van der Waals surface area contributed by atoms with Crippen LogP contribution in [0.1, 0.15) is 39.2 Å². The largest absolute Gasteiger partial charge is 0.475 e. The van der Waals surface area contributed by atoms with E-state index in [-0.39, 0.29) is 47.6 Å². The number of benzene rings is 1. The third kappa shape index (κ3) is 5.89. The van der Waals surface area contributed by atoms with Crippen molar-refractivity contribution in [2.75, 3.05) is 62.3 Å². The number of rotatable bonds is 9. The molecule has 6 rings (SSSR count). The van der Waals surface area contributed by atoms with E-state index in [1.165, 1.54) is 18.3 Å². The number of likely N-dealkylation sites (N-methyl/N-ethyl adjacent to an activating group) is 1. The zero-order valence-electron chi connectivity index (χ0n) is 26.8. The number of nitrogens with zero attached hydrogens (tertiary/aromatic N) is 5. The third-order valence-electron chi connectivity index (χ3n) is 9.21. The Hall–Kier alpha value is -3.88. The summed E-state index contributed by atoms with van der Waals surface area (Å²) in [5, 5.41) is 3.89. The van der Waals surface area contributed by atoms with Gasteiger partial charge in [-0.2, -0.15) is 0 Å². The molecule has 2 N–H and O–H groups in total. The number of halogens is 1. The van der Waals surface area contributed by atoms with E-state index in [2.05, 4.69) is 24.9 Å². The number of fused-ring (bicyclic) bond motifs is 4. The molecule has 1 aromatic carbocycles. The molecule has 2 amide bonds. The van der Waals surface area contributed by atoms with Crippen LogP contribution >= 0.6 is 0 Å². The van der Waals surface area contributed by atoms with Gasteiger partial charge in [-0.05, 0) is 25.0 Å². The Morgan fingerprint density at radius 1 is 1.15 bits per heavy atom. The Labute approximate surface area is 268 Å². The fraction of sp³-hybridized carbons (Fsp3) is 0.500. The normalized spacial score (nSPS) is 18.4. The zero-order valence-corrected chi connectivity index (χ0v) is 27.6. The van der Waals surface area contributed by atoms with Gasteiger partial charge < -0.3 is 19.9 Å². The van der Waals surface area contributed by atoms with Crippen molar-refractivity contribution in [2.45, 2.75) is 51.1 Å². The van der Waals surface area contributed by atoms with Crippen LogP contribution in [0, 0.1) is 5.82 Å². The highest BCUT2D eigenvalue weighted by Crippen LogP contribution is 2.51. The molecule has 0 bridgehead atoms. The average Bonchev–Trinajstić information content (AvgIpc) is 3.20. The predicted octanol–water partition coefficient (Wildman–Crippen LogP) is 2.72. The molecule has 0 unspecified atom stereocenters. The van der Waals surface area contributed by atoms with Gasteiger partial charge in [-0.1, -0.05) is 13.8 Å². The Kier molecular flexibility index (Phi) is 8.40. The van der Waals surface area contributed by atoms with Gasteiger partial charge in [-0.15, -0.1) is 0 Å². The smallest absolute Gasteiger partial charge is 0.240 e. The van der Waals surface area contributed by atoms with Gasteiger partial charge in [-0.3, -0.25) is 24.2 Å². The summed E-state index contributed by atoms with van der Waals surface area (Å²) in [6.07, 6.45) is 5.81. The van der Waals surface area contributed by atoms with Crippen molar-refractivity contribution in [1.82, 2.24) is 25.1 Å². The summed E-state index contributed by atoms with van der Waals surface area (Å²) < 4.78 is 48.3. The molecule has 2 fully saturated rings. The van der Waals surface area contributed by atoms with Crippen LogP contribution in [0.15, 0.2) is 30.6 Å². The Morgan fingerprint density at radius 3 is 2.52 bits per heavy atom. The van der Waals surface area contributed by atoms with Gasteiger partial charge >= 0.3 is 0 Å². The molecule has 5 heterocycles. The van der Waals surface area contributed by atoms with Gasteiger partial charge in [0.05, 0.1) is 23.7 Å². The number of carbonyl (C=O) groups excluding carboxylic acids is 2. The maximum absolute atomic E-state index is 15.7. The quantitative estimate of drug-likeness (QED) is 0.334. The Morgan fingerprint density at radius 2 is 1.87 bits per heavy atom. The number of anilines is 2. The molecule has 2 saturated heterocycles. The van der Waals surface area contributed by atoms with E-state index in [9.17, 15) is 18.0 Å². The van der Waals surface area contributed by atoms with Gasteiger partial charge in [0, 0.05) is 93.1 Å². The van der Waals surface area contributed by atoms with Crippen molar-refractivity contribution in [3.63, 3.8) is 0 Å². The van der Waals surface area contributed by atoms with Crippen LogP contribution in [0.25, 0.3) is 22.0 Å². The lowest BCUT2D eigenvalue weighted by Gasteiger charge is -2.52. The first kappa shape index (κ1) is 32.1. The minimum Gasteiger partial charge on any atom is -0.475 e. The van der Waals surface area contributed by atoms with E-state index in [4.69, 9.17) is 4.74 Å². The molecule has 246 valence electrons. The molecule has 0 radical (unpaired) electrons. The second kappa shape index (κ2) is 12.0. The van der Waals surface area contributed by atoms with E-state index < -0.39 is 21.3 Å². The molecule has 0 saturated carbocycles. The number of sulfonamides is 1. The number of pyridine rings is 2. The van der Waals surface area contributed by atoms with Gasteiger partial charge in [0.15, 0.2) is 0 Å². The Balaban J connectivity index is 1.35. The number of hydrogen-bond acceptors (Lipinski definition) is 9. The molecule has 2 aromatic heterocycles. The number of piperidine rings is 1. The van der Waals surface area contributed by atoms with Gasteiger partial charge in [0.1, 0.15) is 23.5 Å². The first-order valence-corrected chi connectivity index (χ1v) is 17.4. The molecule has 0 aliphatic carbocycles. The molecule has 3 aliphatic rings. The Bertz CT molecular complexity index is 1800. The molecular formula is C32H40FN7O5S. The number of hydrogen-bond donors (Lipinski definition) is 2. The molecule has 0 atom stereocenters. The van der Waals surface area contributed by atoms with E-state index in [0.29, 0.717) is 54.9 Å². The first-order valence-electron chi connectivity index (χ1n) is 15.5. The minimum absolute atomic E-state index is 0.0186. The summed E-state index contributed by atoms with van der Waals surface area (Å²) in [6, 6.07) is 5.07. The molecular weight excluding hydrogens is 613 g/mol. The molecule has 14 heteroatoms. The second-order valence-corrected chi connectivity index (χ2v) is 14.6. The standard InChI is InChI=1S/C32H40FN7O5S/c1-19(2)34-8-11-45-30-27(37-46(5,43)44)12-21(15-36-30)23-13-24-26(14-25(23)33)35-16-28-29(24)32(31(42)38(28)4)17-40(18-32)22-6-9-39(10-7-22)20(3)41/h12-16,19,22,34,37H,6-11,17-18H2,1-5H3. The minimum atomic E-state index is -3.70. The van der Waals surface area contributed by atoms with Crippen LogP contribution in [0.4, 0.5) is 15.8 Å². The fourth-order valence-corrected chi connectivity index (χ4v) is 7.49. The van der Waals surface area contributed by atoms with E-state index in [1.807, 2.05) is 18.7 Å². The van der Waals surface area contributed by atoms with Crippen molar-refractivity contribution in [1.29, 1.82) is 0 Å². The summed E-state index contributed by atoms with van der Waals surface area (Å²) in [5.74, 6) is -0.410. The van der Waals surface area contributed by atoms with Crippen molar-refractivity contribution < 1.29 is 27.1 Å². The summed E-state index contributed by atoms with van der Waals surface area (Å²) in [5.41, 5.74) is 1.79. The van der Waals surface area contributed by atoms with Crippen LogP contribution in [-0.2, 0) is 25.0 Å². The summed E-state index contributed by atoms with van der Waals surface area (Å²) >= 11 is 0. The molecule has 12 nitrogen and oxygen atoms in total. The average molecular weight is 654 g/mol. The maximum atomic E-state index is 15.7. The molecule has 3 aliphatic heterocycles. The lowest BCUT2D eigenvalue weighted by atomic mass is 9.72. The summed E-state index contributed by atoms with van der Waals surface area (Å²) in [4.78, 5) is 40.3. The van der Waals surface area contributed by atoms with Crippen LogP contribution < -0.4 is 19.7 Å². The topological polar surface area (TPSA) is 137 Å². The summed E-state index contributed by atoms with van der Waals surface area (Å²) in [7, 11) is -1.96. The lowest BCUT2D eigenvalue weighted by Crippen LogP contribution is -2.67. The van der Waals surface area contributed by atoms with E-state index in [1.54, 1.807) is 31.1 Å². The van der Waals surface area contributed by atoms with Crippen LogP contribution in [0.3, 0.4) is 0 Å². The summed E-state index contributed by atoms with van der Waals surface area (Å²) in [6.45, 7) is 8.84. The van der Waals surface area contributed by atoms with Crippen LogP contribution in [-0.4, -0.2) is 105 Å². The predicted molar refractivity (Wildman–Crippen MR) is 174 cm³/mol. The van der Waals surface area contributed by atoms with Gasteiger partial charge in [-0.25, -0.2) is 17.8 Å². The zero-order chi connectivity index (χ0) is 33.0. The highest BCUT2D eigenvalue weighted by atomic mass is 32.2. The number of likely N-dealkylation sites (tertiary alicyclic amines) is 2. The van der Waals surface area contributed by atoms with Crippen LogP contribution in [0.2, 0.25) is 0 Å². The second-order valence-electron chi connectivity index (χ2n) is 12.9. The number of amides is 2. The number of ether oxygens (including phenoxy) is 1. The highest BCUT2D eigenvalue weighted by Gasteiger charge is 2.59. The first-order chi connectivity index (χ1) is 21.8. The van der Waals surface area contributed by atoms with Crippen LogP contribution in [0.5, 0.6) is 5.88 Å². The molecule has 3 aromatic rings. The molecule has 1 spiro atoms. The fourth-order valence-electron chi connectivity index (χ4n) is 6.95. The van der Waals surface area contributed by atoms with Crippen molar-refractivity contribution in [2.24, 2.45) is 0 Å². The highest BCUT2D eigenvalue weighted by molar-refractivity contribution is 7.92. The van der Waals surface area contributed by atoms with Gasteiger partial charge in [0.2, 0.25) is 27.7 Å². The van der Waals surface area contributed by atoms with E-state index >= 15 is 4.39 Å². The van der Waals surface area contributed by atoms with Crippen molar-refractivity contribution >= 4 is 44.1 Å².